The largest absolute Gasteiger partial charge is 0.455 e. The lowest BCUT2D eigenvalue weighted by Crippen LogP contribution is -2.21. The molecule has 2 heterocycles. The van der Waals surface area contributed by atoms with E-state index in [0.717, 1.165) is 22.8 Å². The van der Waals surface area contributed by atoms with Crippen LogP contribution in [0.2, 0.25) is 0 Å². The number of carbonyl (C=O) groups is 1. The van der Waals surface area contributed by atoms with Crippen molar-refractivity contribution in [1.29, 1.82) is 5.26 Å². The number of halogens is 1. The lowest BCUT2D eigenvalue weighted by Gasteiger charge is -2.19. The second-order valence-corrected chi connectivity index (χ2v) is 10.3. The van der Waals surface area contributed by atoms with Crippen molar-refractivity contribution in [3.05, 3.63) is 80.2 Å². The van der Waals surface area contributed by atoms with Gasteiger partial charge in [0.15, 0.2) is 5.75 Å². The maximum Gasteiger partial charge on any atom is 0.261 e. The third-order valence-electron chi connectivity index (χ3n) is 5.55. The standard InChI is InChI=1S/C27H25FN4O3S2/c1-5-30-27(34)23-12-21-26(37-23)24(33)17(13-29)14-32(21)20-11-19(31-36-6-2)7-8-22(20)35-25-15(3)9-18(28)10-16(25)4/h7-12,14,31H,5-6H2,1-4H3,(H,30,34). The molecule has 0 fully saturated rings. The Morgan fingerprint density at radius 3 is 2.57 bits per heavy atom. The first-order valence-corrected chi connectivity index (χ1v) is 13.4. The fraction of sp³-hybridized carbons (Fsp3) is 0.222. The number of nitriles is 1. The zero-order valence-electron chi connectivity index (χ0n) is 20.8. The summed E-state index contributed by atoms with van der Waals surface area (Å²) < 4.78 is 25.5. The molecule has 0 saturated carbocycles. The number of aromatic nitrogens is 1. The van der Waals surface area contributed by atoms with E-state index in [1.165, 1.54) is 30.3 Å². The van der Waals surface area contributed by atoms with Crippen molar-refractivity contribution in [1.82, 2.24) is 9.88 Å². The van der Waals surface area contributed by atoms with Gasteiger partial charge in [-0.3, -0.25) is 9.59 Å². The second kappa shape index (κ2) is 11.1. The molecule has 0 aliphatic rings. The normalized spacial score (nSPS) is 10.8. The van der Waals surface area contributed by atoms with Crippen LogP contribution in [0.5, 0.6) is 11.5 Å². The number of thiophene rings is 1. The molecule has 0 unspecified atom stereocenters. The molecule has 2 aromatic carbocycles. The van der Waals surface area contributed by atoms with Crippen molar-refractivity contribution in [2.24, 2.45) is 0 Å². The number of nitrogens with zero attached hydrogens (tertiary/aromatic N) is 2. The Labute approximate surface area is 222 Å². The number of hydrogen-bond donors (Lipinski definition) is 2. The van der Waals surface area contributed by atoms with E-state index in [9.17, 15) is 19.2 Å². The van der Waals surface area contributed by atoms with Crippen molar-refractivity contribution < 1.29 is 13.9 Å². The van der Waals surface area contributed by atoms with E-state index < -0.39 is 5.43 Å². The Hall–Kier alpha value is -3.81. The van der Waals surface area contributed by atoms with Crippen LogP contribution < -0.4 is 20.2 Å². The van der Waals surface area contributed by atoms with Gasteiger partial charge in [0.1, 0.15) is 27.9 Å². The number of hydrogen-bond acceptors (Lipinski definition) is 7. The van der Waals surface area contributed by atoms with Crippen molar-refractivity contribution >= 4 is 45.1 Å². The molecule has 0 saturated heterocycles. The molecule has 2 aromatic heterocycles. The number of nitrogens with one attached hydrogen (secondary N) is 2. The third kappa shape index (κ3) is 5.33. The van der Waals surface area contributed by atoms with Gasteiger partial charge in [0.25, 0.3) is 5.91 Å². The molecule has 7 nitrogen and oxygen atoms in total. The first kappa shape index (κ1) is 26.3. The lowest BCUT2D eigenvalue weighted by molar-refractivity contribution is 0.0960. The van der Waals surface area contributed by atoms with Crippen LogP contribution >= 0.6 is 23.3 Å². The number of carbonyl (C=O) groups excluding carboxylic acids is 1. The number of fused-ring (bicyclic) bond motifs is 1. The SMILES string of the molecule is CCNC(=O)c1cc2c(s1)c(=O)c(C#N)cn2-c1cc(NSCC)ccc1Oc1c(C)cc(F)cc1C. The highest BCUT2D eigenvalue weighted by atomic mass is 32.2. The summed E-state index contributed by atoms with van der Waals surface area (Å²) >= 11 is 2.56. The average Bonchev–Trinajstić information content (AvgIpc) is 3.32. The van der Waals surface area contributed by atoms with E-state index in [1.807, 2.05) is 32.0 Å². The van der Waals surface area contributed by atoms with Crippen LogP contribution in [0.3, 0.4) is 0 Å². The Kier molecular flexibility index (Phi) is 7.86. The van der Waals surface area contributed by atoms with E-state index >= 15 is 0 Å². The van der Waals surface area contributed by atoms with E-state index in [4.69, 9.17) is 4.74 Å². The van der Waals surface area contributed by atoms with Crippen molar-refractivity contribution in [3.8, 4) is 23.3 Å². The van der Waals surface area contributed by atoms with Crippen LogP contribution in [0.15, 0.2) is 47.4 Å². The van der Waals surface area contributed by atoms with Crippen LogP contribution in [-0.4, -0.2) is 22.8 Å². The summed E-state index contributed by atoms with van der Waals surface area (Å²) in [5.74, 6) is 1.14. The summed E-state index contributed by atoms with van der Waals surface area (Å²) in [4.78, 5) is 25.9. The molecule has 0 spiro atoms. The average molecular weight is 537 g/mol. The Morgan fingerprint density at radius 2 is 1.92 bits per heavy atom. The van der Waals surface area contributed by atoms with Crippen molar-refractivity contribution in [2.45, 2.75) is 27.7 Å². The maximum absolute atomic E-state index is 13.9. The number of rotatable bonds is 8. The summed E-state index contributed by atoms with van der Waals surface area (Å²) in [5, 5.41) is 12.5. The van der Waals surface area contributed by atoms with Gasteiger partial charge in [-0.2, -0.15) is 5.26 Å². The van der Waals surface area contributed by atoms with Crippen LogP contribution in [-0.2, 0) is 0 Å². The molecule has 4 aromatic rings. The van der Waals surface area contributed by atoms with E-state index in [-0.39, 0.29) is 17.3 Å². The van der Waals surface area contributed by atoms with Gasteiger partial charge in [-0.1, -0.05) is 18.9 Å². The molecule has 0 radical (unpaired) electrons. The molecule has 10 heteroatoms. The fourth-order valence-electron chi connectivity index (χ4n) is 3.92. The van der Waals surface area contributed by atoms with Crippen molar-refractivity contribution in [3.63, 3.8) is 0 Å². The van der Waals surface area contributed by atoms with Crippen LogP contribution in [0.25, 0.3) is 15.9 Å². The van der Waals surface area contributed by atoms with Gasteiger partial charge in [-0.05, 0) is 68.3 Å². The van der Waals surface area contributed by atoms with Gasteiger partial charge in [0.2, 0.25) is 5.43 Å². The smallest absolute Gasteiger partial charge is 0.261 e. The van der Waals surface area contributed by atoms with Gasteiger partial charge in [-0.15, -0.1) is 11.3 Å². The number of amides is 1. The first-order valence-electron chi connectivity index (χ1n) is 11.6. The summed E-state index contributed by atoms with van der Waals surface area (Å²) in [7, 11) is 0. The zero-order chi connectivity index (χ0) is 26.7. The summed E-state index contributed by atoms with van der Waals surface area (Å²) in [6.07, 6.45) is 1.46. The van der Waals surface area contributed by atoms with Crippen molar-refractivity contribution in [2.75, 3.05) is 17.0 Å². The quantitative estimate of drug-likeness (QED) is 0.257. The minimum atomic E-state index is -0.433. The zero-order valence-corrected chi connectivity index (χ0v) is 22.4. The highest BCUT2D eigenvalue weighted by Crippen LogP contribution is 2.37. The van der Waals surface area contributed by atoms with Gasteiger partial charge in [0.05, 0.1) is 16.1 Å². The van der Waals surface area contributed by atoms with Gasteiger partial charge >= 0.3 is 0 Å². The Bertz CT molecular complexity index is 1580. The summed E-state index contributed by atoms with van der Waals surface area (Å²) in [6.45, 7) is 7.81. The van der Waals surface area contributed by atoms with E-state index in [0.29, 0.717) is 50.0 Å². The number of aryl methyl sites for hydroxylation is 2. The van der Waals surface area contributed by atoms with Gasteiger partial charge in [0, 0.05) is 24.2 Å². The highest BCUT2D eigenvalue weighted by molar-refractivity contribution is 8.00. The fourth-order valence-corrected chi connectivity index (χ4v) is 5.38. The summed E-state index contributed by atoms with van der Waals surface area (Å²) in [5.41, 5.74) is 2.58. The molecular weight excluding hydrogens is 511 g/mol. The van der Waals surface area contributed by atoms with E-state index in [1.54, 1.807) is 30.5 Å². The van der Waals surface area contributed by atoms with Gasteiger partial charge in [-0.25, -0.2) is 4.39 Å². The third-order valence-corrected chi connectivity index (χ3v) is 7.34. The Balaban J connectivity index is 1.98. The molecule has 0 aliphatic carbocycles. The minimum Gasteiger partial charge on any atom is -0.455 e. The second-order valence-electron chi connectivity index (χ2n) is 8.23. The van der Waals surface area contributed by atoms with Crippen LogP contribution in [0.1, 0.15) is 40.2 Å². The van der Waals surface area contributed by atoms with Gasteiger partial charge < -0.3 is 19.3 Å². The van der Waals surface area contributed by atoms with Crippen LogP contribution in [0.4, 0.5) is 10.1 Å². The molecule has 190 valence electrons. The Morgan fingerprint density at radius 1 is 1.19 bits per heavy atom. The molecule has 4 rings (SSSR count). The highest BCUT2D eigenvalue weighted by Gasteiger charge is 2.20. The predicted octanol–water partition coefficient (Wildman–Crippen LogP) is 6.30. The lowest BCUT2D eigenvalue weighted by atomic mass is 10.1. The number of benzene rings is 2. The number of pyridine rings is 1. The molecule has 0 atom stereocenters. The van der Waals surface area contributed by atoms with E-state index in [2.05, 4.69) is 10.0 Å². The molecular formula is C27H25FN4O3S2. The predicted molar refractivity (Wildman–Crippen MR) is 148 cm³/mol. The topological polar surface area (TPSA) is 96.2 Å². The number of anilines is 1. The molecule has 1 amide bonds. The van der Waals surface area contributed by atoms with Crippen LogP contribution in [0, 0.1) is 31.0 Å². The molecule has 37 heavy (non-hydrogen) atoms. The maximum atomic E-state index is 13.9. The molecule has 0 bridgehead atoms. The number of ether oxygens (including phenoxy) is 1. The monoisotopic (exact) mass is 536 g/mol. The summed E-state index contributed by atoms with van der Waals surface area (Å²) in [6, 6.07) is 11.9. The first-order chi connectivity index (χ1) is 17.8. The molecule has 0 aliphatic heterocycles. The molecule has 2 N–H and O–H groups in total. The minimum absolute atomic E-state index is 0.0572.